The first-order valence-electron chi connectivity index (χ1n) is 11.8. The van der Waals surface area contributed by atoms with Gasteiger partial charge in [-0.2, -0.15) is 4.31 Å². The molecule has 0 aliphatic carbocycles. The second kappa shape index (κ2) is 11.0. The zero-order valence-corrected chi connectivity index (χ0v) is 20.5. The molecule has 0 spiro atoms. The Labute approximate surface area is 202 Å². The molecule has 2 aliphatic heterocycles. The summed E-state index contributed by atoms with van der Waals surface area (Å²) in [6, 6.07) is 14.8. The van der Waals surface area contributed by atoms with Crippen molar-refractivity contribution in [3.8, 4) is 0 Å². The lowest BCUT2D eigenvalue weighted by molar-refractivity contribution is -0.121. The minimum atomic E-state index is -3.40. The fourth-order valence-corrected chi connectivity index (χ4v) is 6.48. The minimum Gasteiger partial charge on any atom is -0.354 e. The van der Waals surface area contributed by atoms with E-state index in [0.29, 0.717) is 37.4 Å². The summed E-state index contributed by atoms with van der Waals surface area (Å²) in [5, 5.41) is 3.82. The molecule has 2 aliphatic rings. The van der Waals surface area contributed by atoms with E-state index >= 15 is 0 Å². The smallest absolute Gasteiger partial charge is 0.243 e. The molecule has 2 aromatic carbocycles. The molecule has 6 nitrogen and oxygen atoms in total. The number of nitrogens with zero attached hydrogens (tertiary/aromatic N) is 2. The van der Waals surface area contributed by atoms with Gasteiger partial charge in [-0.3, -0.25) is 9.69 Å². The van der Waals surface area contributed by atoms with Gasteiger partial charge < -0.3 is 5.32 Å². The Hall–Kier alpha value is -1.93. The number of carbonyl (C=O) groups excluding carboxylic acids is 1. The largest absolute Gasteiger partial charge is 0.354 e. The number of aryl methyl sites for hydroxylation is 1. The molecule has 0 bridgehead atoms. The first-order chi connectivity index (χ1) is 15.9. The van der Waals surface area contributed by atoms with E-state index in [1.807, 2.05) is 36.4 Å². The number of sulfonamides is 1. The highest BCUT2D eigenvalue weighted by Crippen LogP contribution is 2.29. The maximum Gasteiger partial charge on any atom is 0.243 e. The van der Waals surface area contributed by atoms with Gasteiger partial charge >= 0.3 is 0 Å². The summed E-state index contributed by atoms with van der Waals surface area (Å²) < 4.78 is 26.9. The maximum atomic E-state index is 12.7. The standard InChI is InChI=1S/C25H32ClN3O3S/c26-23-8-2-1-7-22(23)24(28-15-3-4-16-28)19-27-25(30)14-11-20-9-12-21(13-10-20)33(31,32)29-17-5-6-18-29/h1-2,7-10,12-13,24H,3-6,11,14-19H2,(H,27,30). The van der Waals surface area contributed by atoms with Crippen molar-refractivity contribution < 1.29 is 13.2 Å². The zero-order chi connectivity index (χ0) is 23.3. The van der Waals surface area contributed by atoms with Gasteiger partial charge in [0.2, 0.25) is 15.9 Å². The van der Waals surface area contributed by atoms with Gasteiger partial charge in [0.25, 0.3) is 0 Å². The van der Waals surface area contributed by atoms with Crippen molar-refractivity contribution >= 4 is 27.5 Å². The molecule has 2 saturated heterocycles. The first kappa shape index (κ1) is 24.2. The molecule has 8 heteroatoms. The van der Waals surface area contributed by atoms with E-state index in [9.17, 15) is 13.2 Å². The Bertz CT molecular complexity index is 1050. The zero-order valence-electron chi connectivity index (χ0n) is 18.9. The van der Waals surface area contributed by atoms with E-state index in [1.54, 1.807) is 16.4 Å². The summed E-state index contributed by atoms with van der Waals surface area (Å²) >= 11 is 6.45. The molecule has 33 heavy (non-hydrogen) atoms. The molecule has 2 heterocycles. The third-order valence-corrected chi connectivity index (χ3v) is 8.86. The summed E-state index contributed by atoms with van der Waals surface area (Å²) in [6.45, 7) is 3.74. The Morgan fingerprint density at radius 2 is 1.58 bits per heavy atom. The van der Waals surface area contributed by atoms with Gasteiger partial charge in [-0.05, 0) is 74.5 Å². The molecule has 1 atom stereocenters. The van der Waals surface area contributed by atoms with E-state index < -0.39 is 10.0 Å². The average Bonchev–Trinajstić information content (AvgIpc) is 3.54. The SMILES string of the molecule is O=C(CCc1ccc(S(=O)(=O)N2CCCC2)cc1)NCC(c1ccccc1Cl)N1CCCC1. The van der Waals surface area contributed by atoms with Gasteiger partial charge in [0.05, 0.1) is 10.9 Å². The average molecular weight is 490 g/mol. The van der Waals surface area contributed by atoms with Crippen molar-refractivity contribution in [3.63, 3.8) is 0 Å². The van der Waals surface area contributed by atoms with Gasteiger partial charge in [-0.25, -0.2) is 8.42 Å². The summed E-state index contributed by atoms with van der Waals surface area (Å²) in [6.07, 6.45) is 5.09. The number of hydrogen-bond acceptors (Lipinski definition) is 4. The van der Waals surface area contributed by atoms with Crippen LogP contribution in [0.15, 0.2) is 53.4 Å². The van der Waals surface area contributed by atoms with Crippen LogP contribution in [0.2, 0.25) is 5.02 Å². The van der Waals surface area contributed by atoms with Gasteiger partial charge in [-0.15, -0.1) is 0 Å². The number of carbonyl (C=O) groups is 1. The molecule has 0 saturated carbocycles. The van der Waals surface area contributed by atoms with Crippen LogP contribution in [0.5, 0.6) is 0 Å². The molecular formula is C25H32ClN3O3S. The van der Waals surface area contributed by atoms with Crippen molar-refractivity contribution in [2.75, 3.05) is 32.7 Å². The van der Waals surface area contributed by atoms with Crippen molar-refractivity contribution in [2.45, 2.75) is 49.5 Å². The van der Waals surface area contributed by atoms with Crippen LogP contribution in [-0.2, 0) is 21.2 Å². The Morgan fingerprint density at radius 3 is 2.24 bits per heavy atom. The summed E-state index contributed by atoms with van der Waals surface area (Å²) in [5.41, 5.74) is 2.00. The Balaban J connectivity index is 1.31. The highest BCUT2D eigenvalue weighted by Gasteiger charge is 2.27. The molecule has 2 fully saturated rings. The predicted octanol–water partition coefficient (Wildman–Crippen LogP) is 4.01. The summed E-state index contributed by atoms with van der Waals surface area (Å²) in [7, 11) is -3.40. The quantitative estimate of drug-likeness (QED) is 0.577. The molecule has 0 radical (unpaired) electrons. The molecule has 0 aromatic heterocycles. The van der Waals surface area contributed by atoms with Crippen molar-refractivity contribution in [1.82, 2.24) is 14.5 Å². The highest BCUT2D eigenvalue weighted by molar-refractivity contribution is 7.89. The van der Waals surface area contributed by atoms with Crippen LogP contribution >= 0.6 is 11.6 Å². The monoisotopic (exact) mass is 489 g/mol. The van der Waals surface area contributed by atoms with Gasteiger partial charge in [0, 0.05) is 31.1 Å². The third-order valence-electron chi connectivity index (χ3n) is 6.61. The predicted molar refractivity (Wildman–Crippen MR) is 131 cm³/mol. The molecule has 2 aromatic rings. The number of amides is 1. The van der Waals surface area contributed by atoms with Crippen molar-refractivity contribution in [3.05, 3.63) is 64.7 Å². The maximum absolute atomic E-state index is 12.7. The van der Waals surface area contributed by atoms with E-state index in [-0.39, 0.29) is 11.9 Å². The number of benzene rings is 2. The molecule has 1 N–H and O–H groups in total. The van der Waals surface area contributed by atoms with E-state index in [2.05, 4.69) is 10.2 Å². The fraction of sp³-hybridized carbons (Fsp3) is 0.480. The molecular weight excluding hydrogens is 458 g/mol. The topological polar surface area (TPSA) is 69.7 Å². The molecule has 1 amide bonds. The van der Waals surface area contributed by atoms with Crippen LogP contribution in [0.4, 0.5) is 0 Å². The summed E-state index contributed by atoms with van der Waals surface area (Å²) in [5.74, 6) is -0.0139. The lowest BCUT2D eigenvalue weighted by Crippen LogP contribution is -2.37. The van der Waals surface area contributed by atoms with Crippen LogP contribution in [-0.4, -0.2) is 56.3 Å². The number of hydrogen-bond donors (Lipinski definition) is 1. The number of halogens is 1. The lowest BCUT2D eigenvalue weighted by atomic mass is 10.0. The highest BCUT2D eigenvalue weighted by atomic mass is 35.5. The second-order valence-corrected chi connectivity index (χ2v) is 11.2. The van der Waals surface area contributed by atoms with E-state index in [4.69, 9.17) is 11.6 Å². The number of nitrogens with one attached hydrogen (secondary N) is 1. The van der Waals surface area contributed by atoms with Crippen LogP contribution in [0.1, 0.15) is 49.3 Å². The van der Waals surface area contributed by atoms with Crippen LogP contribution < -0.4 is 5.32 Å². The fourth-order valence-electron chi connectivity index (χ4n) is 4.70. The number of rotatable bonds is 9. The third kappa shape index (κ3) is 5.96. The Morgan fingerprint density at radius 1 is 0.939 bits per heavy atom. The van der Waals surface area contributed by atoms with Crippen LogP contribution in [0, 0.1) is 0 Å². The number of likely N-dealkylation sites (tertiary alicyclic amines) is 1. The first-order valence-corrected chi connectivity index (χ1v) is 13.6. The van der Waals surface area contributed by atoms with E-state index in [0.717, 1.165) is 42.1 Å². The van der Waals surface area contributed by atoms with Gasteiger partial charge in [-0.1, -0.05) is 41.9 Å². The van der Waals surface area contributed by atoms with Crippen molar-refractivity contribution in [2.24, 2.45) is 0 Å². The van der Waals surface area contributed by atoms with Gasteiger partial charge in [0.15, 0.2) is 0 Å². The van der Waals surface area contributed by atoms with Gasteiger partial charge in [0.1, 0.15) is 0 Å². The van der Waals surface area contributed by atoms with Crippen LogP contribution in [0.25, 0.3) is 0 Å². The lowest BCUT2D eigenvalue weighted by Gasteiger charge is -2.29. The molecule has 178 valence electrons. The normalized spacial score (nSPS) is 18.5. The second-order valence-electron chi connectivity index (χ2n) is 8.84. The van der Waals surface area contributed by atoms with Crippen LogP contribution in [0.3, 0.4) is 0 Å². The molecule has 4 rings (SSSR count). The van der Waals surface area contributed by atoms with Crippen molar-refractivity contribution in [1.29, 1.82) is 0 Å². The molecule has 1 unspecified atom stereocenters. The minimum absolute atomic E-state index is 0.0139. The summed E-state index contributed by atoms with van der Waals surface area (Å²) in [4.78, 5) is 15.3. The Kier molecular flexibility index (Phi) is 8.07. The van der Waals surface area contributed by atoms with E-state index in [1.165, 1.54) is 12.8 Å².